The third-order valence-electron chi connectivity index (χ3n) is 1.23. The van der Waals surface area contributed by atoms with Gasteiger partial charge in [0.25, 0.3) is 0 Å². The Morgan fingerprint density at radius 2 is 2.00 bits per heavy atom. The molecule has 0 aromatic carbocycles. The molecule has 0 N–H and O–H groups in total. The lowest BCUT2D eigenvalue weighted by atomic mass is 10.6. The Balaban J connectivity index is 0.000000640. The summed E-state index contributed by atoms with van der Waals surface area (Å²) in [7, 11) is 2.00. The second-order valence-corrected chi connectivity index (χ2v) is 2.04. The van der Waals surface area contributed by atoms with E-state index in [2.05, 4.69) is 4.98 Å². The fraction of sp³-hybridized carbons (Fsp3) is 0.500. The van der Waals surface area contributed by atoms with Crippen LogP contribution in [0, 0.1) is 13.8 Å². The standard InChI is InChI=1S/C6H10N2.HI/c1-5-4-8(3)6(2)7-5;/h4H,1-3H3;1H. The minimum absolute atomic E-state index is 0. The molecule has 0 aliphatic carbocycles. The molecule has 2 nitrogen and oxygen atoms in total. The molecule has 0 spiro atoms. The number of aryl methyl sites for hydroxylation is 3. The van der Waals surface area contributed by atoms with Crippen LogP contribution in [0.4, 0.5) is 0 Å². The second-order valence-electron chi connectivity index (χ2n) is 2.04. The van der Waals surface area contributed by atoms with Gasteiger partial charge in [-0.2, -0.15) is 0 Å². The molecule has 0 radical (unpaired) electrons. The Morgan fingerprint density at radius 3 is 2.11 bits per heavy atom. The average molecular weight is 238 g/mol. The summed E-state index contributed by atoms with van der Waals surface area (Å²) in [5.41, 5.74) is 1.09. The molecular formula is C6H11IN2. The van der Waals surface area contributed by atoms with E-state index in [0.717, 1.165) is 11.5 Å². The summed E-state index contributed by atoms with van der Waals surface area (Å²) in [5, 5.41) is 0. The molecule has 0 saturated carbocycles. The normalized spacial score (nSPS) is 8.78. The van der Waals surface area contributed by atoms with Crippen molar-refractivity contribution < 1.29 is 0 Å². The number of hydrogen-bond acceptors (Lipinski definition) is 1. The molecule has 1 aromatic rings. The van der Waals surface area contributed by atoms with Gasteiger partial charge in [0, 0.05) is 13.2 Å². The molecule has 1 heterocycles. The van der Waals surface area contributed by atoms with Gasteiger partial charge < -0.3 is 4.57 Å². The molecule has 9 heavy (non-hydrogen) atoms. The van der Waals surface area contributed by atoms with Gasteiger partial charge in [-0.25, -0.2) is 4.98 Å². The van der Waals surface area contributed by atoms with E-state index in [1.165, 1.54) is 0 Å². The summed E-state index contributed by atoms with van der Waals surface area (Å²) in [4.78, 5) is 4.17. The van der Waals surface area contributed by atoms with Crippen LogP contribution in [-0.4, -0.2) is 9.55 Å². The van der Waals surface area contributed by atoms with Gasteiger partial charge >= 0.3 is 0 Å². The highest BCUT2D eigenvalue weighted by molar-refractivity contribution is 14.0. The van der Waals surface area contributed by atoms with E-state index in [1.807, 2.05) is 31.7 Å². The van der Waals surface area contributed by atoms with E-state index in [-0.39, 0.29) is 24.0 Å². The van der Waals surface area contributed by atoms with Crippen LogP contribution < -0.4 is 0 Å². The van der Waals surface area contributed by atoms with Crippen molar-refractivity contribution in [2.75, 3.05) is 0 Å². The lowest BCUT2D eigenvalue weighted by Gasteiger charge is -1.87. The minimum atomic E-state index is 0. The van der Waals surface area contributed by atoms with Gasteiger partial charge in [0.05, 0.1) is 5.69 Å². The zero-order chi connectivity index (χ0) is 6.15. The number of halogens is 1. The van der Waals surface area contributed by atoms with Gasteiger partial charge in [-0.3, -0.25) is 0 Å². The monoisotopic (exact) mass is 238 g/mol. The van der Waals surface area contributed by atoms with Crippen LogP contribution >= 0.6 is 24.0 Å². The van der Waals surface area contributed by atoms with Crippen LogP contribution in [-0.2, 0) is 7.05 Å². The zero-order valence-corrected chi connectivity index (χ0v) is 8.21. The van der Waals surface area contributed by atoms with Crippen molar-refractivity contribution in [1.29, 1.82) is 0 Å². The highest BCUT2D eigenvalue weighted by atomic mass is 127. The first-order valence-electron chi connectivity index (χ1n) is 2.66. The summed E-state index contributed by atoms with van der Waals surface area (Å²) in [6.45, 7) is 3.99. The largest absolute Gasteiger partial charge is 0.338 e. The fourth-order valence-electron chi connectivity index (χ4n) is 0.737. The third kappa shape index (κ3) is 1.97. The molecule has 1 rings (SSSR count). The molecule has 1 aromatic heterocycles. The maximum atomic E-state index is 4.17. The van der Waals surface area contributed by atoms with Gasteiger partial charge in [-0.1, -0.05) is 0 Å². The summed E-state index contributed by atoms with van der Waals surface area (Å²) in [6.07, 6.45) is 2.01. The van der Waals surface area contributed by atoms with Gasteiger partial charge in [-0.15, -0.1) is 24.0 Å². The molecule has 0 bridgehead atoms. The van der Waals surface area contributed by atoms with Gasteiger partial charge in [0.15, 0.2) is 0 Å². The molecule has 0 aliphatic rings. The minimum Gasteiger partial charge on any atom is -0.338 e. The first-order chi connectivity index (χ1) is 3.70. The molecule has 0 amide bonds. The molecule has 0 fully saturated rings. The average Bonchev–Trinajstić information content (AvgIpc) is 1.85. The molecule has 0 atom stereocenters. The van der Waals surface area contributed by atoms with Crippen LogP contribution in [0.25, 0.3) is 0 Å². The topological polar surface area (TPSA) is 17.8 Å². The smallest absolute Gasteiger partial charge is 0.105 e. The first-order valence-corrected chi connectivity index (χ1v) is 2.66. The quantitative estimate of drug-likeness (QED) is 0.628. The van der Waals surface area contributed by atoms with Crippen LogP contribution in [0.2, 0.25) is 0 Å². The van der Waals surface area contributed by atoms with E-state index in [1.54, 1.807) is 0 Å². The number of imidazole rings is 1. The predicted octanol–water partition coefficient (Wildman–Crippen LogP) is 1.65. The van der Waals surface area contributed by atoms with Crippen molar-refractivity contribution in [3.63, 3.8) is 0 Å². The number of nitrogens with zero attached hydrogens (tertiary/aromatic N) is 2. The molecule has 0 saturated heterocycles. The van der Waals surface area contributed by atoms with Crippen LogP contribution in [0.3, 0.4) is 0 Å². The Kier molecular flexibility index (Phi) is 3.17. The Labute approximate surface area is 72.3 Å². The van der Waals surface area contributed by atoms with Crippen LogP contribution in [0.5, 0.6) is 0 Å². The summed E-state index contributed by atoms with van der Waals surface area (Å²) < 4.78 is 2.01. The summed E-state index contributed by atoms with van der Waals surface area (Å²) in [6, 6.07) is 0. The molecule has 3 heteroatoms. The maximum Gasteiger partial charge on any atom is 0.105 e. The second kappa shape index (κ2) is 3.20. The van der Waals surface area contributed by atoms with Crippen molar-refractivity contribution in [3.8, 4) is 0 Å². The first kappa shape index (κ1) is 8.94. The Hall–Kier alpha value is -0.0600. The lowest BCUT2D eigenvalue weighted by Crippen LogP contribution is -1.86. The van der Waals surface area contributed by atoms with E-state index in [9.17, 15) is 0 Å². The van der Waals surface area contributed by atoms with Crippen molar-refractivity contribution >= 4 is 24.0 Å². The molecule has 52 valence electrons. The van der Waals surface area contributed by atoms with Crippen molar-refractivity contribution in [2.45, 2.75) is 13.8 Å². The predicted molar refractivity (Wildman–Crippen MR) is 48.1 cm³/mol. The van der Waals surface area contributed by atoms with E-state index < -0.39 is 0 Å². The molecular weight excluding hydrogens is 227 g/mol. The maximum absolute atomic E-state index is 4.17. The number of aromatic nitrogens is 2. The Morgan fingerprint density at radius 1 is 1.44 bits per heavy atom. The van der Waals surface area contributed by atoms with Crippen LogP contribution in [0.15, 0.2) is 6.20 Å². The van der Waals surface area contributed by atoms with Gasteiger partial charge in [0.2, 0.25) is 0 Å². The highest BCUT2D eigenvalue weighted by Gasteiger charge is 1.91. The molecule has 0 aliphatic heterocycles. The van der Waals surface area contributed by atoms with E-state index in [0.29, 0.717) is 0 Å². The highest BCUT2D eigenvalue weighted by Crippen LogP contribution is 1.95. The fourth-order valence-corrected chi connectivity index (χ4v) is 0.737. The SMILES string of the molecule is Cc1cn(C)c(C)n1.I. The van der Waals surface area contributed by atoms with Crippen molar-refractivity contribution in [2.24, 2.45) is 7.05 Å². The van der Waals surface area contributed by atoms with Gasteiger partial charge in [-0.05, 0) is 13.8 Å². The molecule has 0 unspecified atom stereocenters. The zero-order valence-electron chi connectivity index (χ0n) is 5.88. The van der Waals surface area contributed by atoms with E-state index in [4.69, 9.17) is 0 Å². The van der Waals surface area contributed by atoms with Crippen molar-refractivity contribution in [1.82, 2.24) is 9.55 Å². The number of hydrogen-bond donors (Lipinski definition) is 0. The van der Waals surface area contributed by atoms with E-state index >= 15 is 0 Å². The summed E-state index contributed by atoms with van der Waals surface area (Å²) in [5.74, 6) is 1.07. The summed E-state index contributed by atoms with van der Waals surface area (Å²) >= 11 is 0. The third-order valence-corrected chi connectivity index (χ3v) is 1.23. The van der Waals surface area contributed by atoms with Crippen molar-refractivity contribution in [3.05, 3.63) is 17.7 Å². The Bertz CT molecular complexity index is 173. The van der Waals surface area contributed by atoms with Crippen LogP contribution in [0.1, 0.15) is 11.5 Å². The number of rotatable bonds is 0. The lowest BCUT2D eigenvalue weighted by molar-refractivity contribution is 0.858. The van der Waals surface area contributed by atoms with Gasteiger partial charge in [0.1, 0.15) is 5.82 Å².